The molecule has 0 spiro atoms. The predicted molar refractivity (Wildman–Crippen MR) is 63.2 cm³/mol. The molecule has 1 aromatic carbocycles. The average Bonchev–Trinajstić information content (AvgIpc) is 2.26. The molecule has 0 radical (unpaired) electrons. The van der Waals surface area contributed by atoms with Crippen LogP contribution in [0.2, 0.25) is 0 Å². The van der Waals surface area contributed by atoms with E-state index in [9.17, 15) is 18.0 Å². The maximum absolute atomic E-state index is 12.4. The monoisotopic (exact) mass is 257 g/mol. The second kappa shape index (κ2) is 5.71. The van der Waals surface area contributed by atoms with Crippen molar-refractivity contribution in [2.45, 2.75) is 12.6 Å². The summed E-state index contributed by atoms with van der Waals surface area (Å²) in [6.07, 6.45) is -4.41. The molecule has 0 aliphatic rings. The summed E-state index contributed by atoms with van der Waals surface area (Å²) in [5.41, 5.74) is -0.00597. The smallest absolute Gasteiger partial charge is 0.383 e. The van der Waals surface area contributed by atoms with Crippen molar-refractivity contribution < 1.29 is 18.0 Å². The van der Waals surface area contributed by atoms with Gasteiger partial charge in [-0.05, 0) is 0 Å². The first-order valence-electron chi connectivity index (χ1n) is 5.33. The molecule has 5 heteroatoms. The van der Waals surface area contributed by atoms with Gasteiger partial charge in [-0.15, -0.1) is 0 Å². The van der Waals surface area contributed by atoms with Crippen molar-refractivity contribution in [1.29, 1.82) is 0 Å². The van der Waals surface area contributed by atoms with Crippen molar-refractivity contribution in [2.75, 3.05) is 14.1 Å². The number of alkyl halides is 3. The summed E-state index contributed by atoms with van der Waals surface area (Å²) in [7, 11) is 3.16. The third kappa shape index (κ3) is 4.61. The molecule has 1 rings (SSSR count). The number of allylic oxidation sites excluding steroid dienone is 1. The van der Waals surface area contributed by atoms with Gasteiger partial charge in [0.25, 0.3) is 0 Å². The molecule has 0 saturated heterocycles. The number of hydrogen-bond donors (Lipinski definition) is 0. The lowest BCUT2D eigenvalue weighted by molar-refractivity contribution is -0.126. The molecule has 18 heavy (non-hydrogen) atoms. The zero-order valence-corrected chi connectivity index (χ0v) is 10.2. The minimum Gasteiger partial charge on any atom is -0.383 e. The molecule has 0 saturated carbocycles. The van der Waals surface area contributed by atoms with E-state index < -0.39 is 18.4 Å². The van der Waals surface area contributed by atoms with Crippen LogP contribution in [0.25, 0.3) is 0 Å². The maximum atomic E-state index is 12.4. The van der Waals surface area contributed by atoms with E-state index in [2.05, 4.69) is 0 Å². The van der Waals surface area contributed by atoms with E-state index in [0.717, 1.165) is 0 Å². The van der Waals surface area contributed by atoms with Crippen LogP contribution in [0.1, 0.15) is 16.8 Å². The molecule has 0 amide bonds. The van der Waals surface area contributed by atoms with E-state index in [1.54, 1.807) is 32.3 Å². The van der Waals surface area contributed by atoms with Crippen LogP contribution in [-0.2, 0) is 0 Å². The van der Waals surface area contributed by atoms with Gasteiger partial charge in [0.05, 0.1) is 6.42 Å². The SMILES string of the molecule is CN(C)/C=C(/CC(F)(F)F)C(=O)c1ccccc1. The Bertz CT molecular complexity index is 435. The highest BCUT2D eigenvalue weighted by atomic mass is 19.4. The highest BCUT2D eigenvalue weighted by molar-refractivity contribution is 6.08. The van der Waals surface area contributed by atoms with Gasteiger partial charge in [0.2, 0.25) is 0 Å². The molecule has 0 aromatic heterocycles. The van der Waals surface area contributed by atoms with Crippen LogP contribution in [0.4, 0.5) is 13.2 Å². The van der Waals surface area contributed by atoms with E-state index in [1.807, 2.05) is 0 Å². The second-order valence-corrected chi connectivity index (χ2v) is 4.11. The number of nitrogens with zero attached hydrogens (tertiary/aromatic N) is 1. The van der Waals surface area contributed by atoms with Gasteiger partial charge in [0, 0.05) is 31.4 Å². The Hall–Kier alpha value is -1.78. The zero-order chi connectivity index (χ0) is 13.8. The van der Waals surface area contributed by atoms with Gasteiger partial charge in [0.15, 0.2) is 5.78 Å². The van der Waals surface area contributed by atoms with E-state index >= 15 is 0 Å². The highest BCUT2D eigenvalue weighted by Gasteiger charge is 2.31. The topological polar surface area (TPSA) is 20.3 Å². The Balaban J connectivity index is 3.02. The number of ketones is 1. The first kappa shape index (κ1) is 14.3. The van der Waals surface area contributed by atoms with Crippen LogP contribution in [0, 0.1) is 0 Å². The quantitative estimate of drug-likeness (QED) is 0.609. The van der Waals surface area contributed by atoms with Gasteiger partial charge in [0.1, 0.15) is 0 Å². The molecule has 98 valence electrons. The van der Waals surface area contributed by atoms with E-state index in [4.69, 9.17) is 0 Å². The number of rotatable bonds is 4. The summed E-state index contributed by atoms with van der Waals surface area (Å²) in [6, 6.07) is 7.95. The third-order valence-electron chi connectivity index (χ3n) is 2.13. The van der Waals surface area contributed by atoms with E-state index in [1.165, 1.54) is 23.2 Å². The van der Waals surface area contributed by atoms with Crippen molar-refractivity contribution in [1.82, 2.24) is 4.90 Å². The molecule has 0 N–H and O–H groups in total. The lowest BCUT2D eigenvalue weighted by atomic mass is 10.0. The van der Waals surface area contributed by atoms with Gasteiger partial charge in [-0.1, -0.05) is 30.3 Å². The normalized spacial score (nSPS) is 12.4. The van der Waals surface area contributed by atoms with Crippen LogP contribution in [0.3, 0.4) is 0 Å². The Morgan fingerprint density at radius 2 is 1.78 bits per heavy atom. The summed E-state index contributed by atoms with van der Waals surface area (Å²) >= 11 is 0. The number of hydrogen-bond acceptors (Lipinski definition) is 2. The van der Waals surface area contributed by atoms with Crippen molar-refractivity contribution in [2.24, 2.45) is 0 Å². The number of carbonyl (C=O) groups excluding carboxylic acids is 1. The fourth-order valence-corrected chi connectivity index (χ4v) is 1.49. The first-order chi connectivity index (χ1) is 8.29. The molecule has 0 aliphatic carbocycles. The van der Waals surface area contributed by atoms with Gasteiger partial charge < -0.3 is 4.90 Å². The minimum absolute atomic E-state index is 0.259. The van der Waals surface area contributed by atoms with Crippen LogP contribution in [0.15, 0.2) is 42.1 Å². The first-order valence-corrected chi connectivity index (χ1v) is 5.33. The van der Waals surface area contributed by atoms with Crippen molar-refractivity contribution in [3.63, 3.8) is 0 Å². The third-order valence-corrected chi connectivity index (χ3v) is 2.13. The number of Topliss-reactive ketones (excluding diaryl/α,β-unsaturated/α-hetero) is 1. The van der Waals surface area contributed by atoms with Crippen molar-refractivity contribution >= 4 is 5.78 Å². The molecule has 0 atom stereocenters. The van der Waals surface area contributed by atoms with Crippen molar-refractivity contribution in [3.8, 4) is 0 Å². The molecule has 0 fully saturated rings. The Morgan fingerprint density at radius 1 is 1.22 bits per heavy atom. The standard InChI is InChI=1S/C13H14F3NO/c1-17(2)9-11(8-13(14,15)16)12(18)10-6-4-3-5-7-10/h3-7,9H,8H2,1-2H3/b11-9-. The van der Waals surface area contributed by atoms with Crippen LogP contribution < -0.4 is 0 Å². The number of halogens is 3. The molecule has 0 bridgehead atoms. The predicted octanol–water partition coefficient (Wildman–Crippen LogP) is 3.27. The Labute approximate surface area is 104 Å². The Kier molecular flexibility index (Phi) is 4.53. The van der Waals surface area contributed by atoms with Crippen LogP contribution in [0.5, 0.6) is 0 Å². The summed E-state index contributed by atoms with van der Waals surface area (Å²) < 4.78 is 37.3. The van der Waals surface area contributed by atoms with Gasteiger partial charge in [-0.25, -0.2) is 0 Å². The summed E-state index contributed by atoms with van der Waals surface area (Å²) in [5.74, 6) is -0.596. The van der Waals surface area contributed by atoms with Crippen LogP contribution in [-0.4, -0.2) is 31.0 Å². The van der Waals surface area contributed by atoms with Gasteiger partial charge >= 0.3 is 6.18 Å². The molecule has 0 aliphatic heterocycles. The lowest BCUT2D eigenvalue weighted by Gasteiger charge is -2.13. The van der Waals surface area contributed by atoms with Gasteiger partial charge in [-0.2, -0.15) is 13.2 Å². The summed E-state index contributed by atoms with van der Waals surface area (Å²) in [6.45, 7) is 0. The highest BCUT2D eigenvalue weighted by Crippen LogP contribution is 2.26. The fourth-order valence-electron chi connectivity index (χ4n) is 1.49. The maximum Gasteiger partial charge on any atom is 0.393 e. The zero-order valence-electron chi connectivity index (χ0n) is 10.2. The van der Waals surface area contributed by atoms with Crippen LogP contribution >= 0.6 is 0 Å². The second-order valence-electron chi connectivity index (χ2n) is 4.11. The fraction of sp³-hybridized carbons (Fsp3) is 0.308. The molecule has 0 heterocycles. The Morgan fingerprint density at radius 3 is 2.22 bits per heavy atom. The van der Waals surface area contributed by atoms with Gasteiger partial charge in [-0.3, -0.25) is 4.79 Å². The lowest BCUT2D eigenvalue weighted by Crippen LogP contribution is -2.17. The molecular formula is C13H14F3NO. The minimum atomic E-state index is -4.40. The van der Waals surface area contributed by atoms with Crippen molar-refractivity contribution in [3.05, 3.63) is 47.7 Å². The molecular weight excluding hydrogens is 243 g/mol. The molecule has 0 unspecified atom stereocenters. The number of benzene rings is 1. The molecule has 1 aromatic rings. The number of carbonyl (C=O) groups is 1. The molecule has 2 nitrogen and oxygen atoms in total. The van der Waals surface area contributed by atoms with E-state index in [0.29, 0.717) is 0 Å². The largest absolute Gasteiger partial charge is 0.393 e. The van der Waals surface area contributed by atoms with E-state index in [-0.39, 0.29) is 11.1 Å². The average molecular weight is 257 g/mol. The summed E-state index contributed by atoms with van der Waals surface area (Å²) in [4.78, 5) is 13.4. The summed E-state index contributed by atoms with van der Waals surface area (Å²) in [5, 5.41) is 0.